The van der Waals surface area contributed by atoms with Gasteiger partial charge in [0.1, 0.15) is 5.88 Å². The van der Waals surface area contributed by atoms with Crippen molar-refractivity contribution in [2.24, 2.45) is 0 Å². The van der Waals surface area contributed by atoms with Crippen LogP contribution in [0.2, 0.25) is 0 Å². The second kappa shape index (κ2) is 4.90. The van der Waals surface area contributed by atoms with Crippen LogP contribution in [0.3, 0.4) is 0 Å². The van der Waals surface area contributed by atoms with Crippen LogP contribution in [-0.2, 0) is 9.53 Å². The summed E-state index contributed by atoms with van der Waals surface area (Å²) in [7, 11) is 0. The summed E-state index contributed by atoms with van der Waals surface area (Å²) in [6, 6.07) is -0.873. The number of carbonyl (C=O) groups is 1. The van der Waals surface area contributed by atoms with Crippen molar-refractivity contribution in [2.45, 2.75) is 13.0 Å². The fourth-order valence-corrected chi connectivity index (χ4v) is 0.390. The van der Waals surface area contributed by atoms with Gasteiger partial charge >= 0.3 is 5.97 Å². The molecule has 1 atom stereocenters. The van der Waals surface area contributed by atoms with E-state index in [0.29, 0.717) is 0 Å². The van der Waals surface area contributed by atoms with E-state index >= 15 is 0 Å². The topological polar surface area (TPSA) is 69.4 Å². The average molecular weight is 182 g/mol. The number of esters is 1. The Morgan fingerprint density at radius 2 is 2.36 bits per heavy atom. The Balaban J connectivity index is 3.54. The molecule has 11 heavy (non-hydrogen) atoms. The van der Waals surface area contributed by atoms with Crippen LogP contribution in [0.25, 0.3) is 0 Å². The Morgan fingerprint density at radius 1 is 1.82 bits per heavy atom. The molecule has 0 saturated heterocycles. The van der Waals surface area contributed by atoms with Gasteiger partial charge in [0.25, 0.3) is 0 Å². The molecule has 0 spiro atoms. The molecule has 0 heterocycles. The maximum absolute atomic E-state index is 10.4. The Labute approximate surface area is 68.4 Å². The van der Waals surface area contributed by atoms with Gasteiger partial charge < -0.3 is 4.74 Å². The first-order valence-electron chi connectivity index (χ1n) is 2.93. The van der Waals surface area contributed by atoms with Crippen LogP contribution in [0.4, 0.5) is 0 Å². The van der Waals surface area contributed by atoms with Crippen molar-refractivity contribution in [3.8, 4) is 0 Å². The normalized spacial score (nSPS) is 12.2. The van der Waals surface area contributed by atoms with Crippen LogP contribution in [0, 0.1) is 10.1 Å². The summed E-state index contributed by atoms with van der Waals surface area (Å²) >= 11 is 5.07. The average Bonchev–Trinajstić information content (AvgIpc) is 1.99. The van der Waals surface area contributed by atoms with Gasteiger partial charge in [-0.1, -0.05) is 0 Å². The maximum Gasteiger partial charge on any atom is 0.321 e. The molecule has 0 aliphatic carbocycles. The lowest BCUT2D eigenvalue weighted by atomic mass is 10.4. The molecule has 0 saturated carbocycles. The summed E-state index contributed by atoms with van der Waals surface area (Å²) in [5, 5.41) is 9.98. The van der Waals surface area contributed by atoms with Gasteiger partial charge in [-0.25, -0.2) is 0 Å². The zero-order valence-corrected chi connectivity index (χ0v) is 6.71. The van der Waals surface area contributed by atoms with Crippen molar-refractivity contribution in [3.63, 3.8) is 0 Å². The van der Waals surface area contributed by atoms with Crippen molar-refractivity contribution >= 4 is 17.6 Å². The SMILES string of the molecule is CC(COC(=O)CCl)[N+](=O)[O-]. The zero-order chi connectivity index (χ0) is 8.85. The predicted molar refractivity (Wildman–Crippen MR) is 38.1 cm³/mol. The molecule has 0 aromatic heterocycles. The van der Waals surface area contributed by atoms with Crippen molar-refractivity contribution < 1.29 is 14.5 Å². The molecule has 5 nitrogen and oxygen atoms in total. The van der Waals surface area contributed by atoms with E-state index in [0.717, 1.165) is 0 Å². The van der Waals surface area contributed by atoms with Crippen molar-refractivity contribution in [1.29, 1.82) is 0 Å². The van der Waals surface area contributed by atoms with Gasteiger partial charge in [0, 0.05) is 11.8 Å². The summed E-state index contributed by atoms with van der Waals surface area (Å²) in [6.45, 7) is 1.13. The number of nitrogens with zero attached hydrogens (tertiary/aromatic N) is 1. The van der Waals surface area contributed by atoms with Gasteiger partial charge in [0.15, 0.2) is 6.61 Å². The van der Waals surface area contributed by atoms with E-state index in [4.69, 9.17) is 11.6 Å². The summed E-state index contributed by atoms with van der Waals surface area (Å²) in [6.07, 6.45) is 0. The molecule has 0 rings (SSSR count). The van der Waals surface area contributed by atoms with Crippen LogP contribution in [0.15, 0.2) is 0 Å². The summed E-state index contributed by atoms with van der Waals surface area (Å²) in [5.74, 6) is -0.912. The third-order valence-corrected chi connectivity index (χ3v) is 1.17. The molecule has 6 heteroatoms. The van der Waals surface area contributed by atoms with Gasteiger partial charge in [-0.15, -0.1) is 11.6 Å². The summed E-state index contributed by atoms with van der Waals surface area (Å²) < 4.78 is 4.40. The highest BCUT2D eigenvalue weighted by Crippen LogP contribution is 1.91. The second-order valence-electron chi connectivity index (χ2n) is 1.95. The lowest BCUT2D eigenvalue weighted by molar-refractivity contribution is -0.520. The van der Waals surface area contributed by atoms with E-state index < -0.39 is 16.9 Å². The number of hydrogen-bond acceptors (Lipinski definition) is 4. The summed E-state index contributed by atoms with van der Waals surface area (Å²) in [5.41, 5.74) is 0. The van der Waals surface area contributed by atoms with E-state index in [1.54, 1.807) is 0 Å². The minimum atomic E-state index is -0.873. The third kappa shape index (κ3) is 4.55. The minimum absolute atomic E-state index is 0.224. The molecule has 0 amide bonds. The first-order chi connectivity index (χ1) is 5.07. The summed E-state index contributed by atoms with van der Waals surface area (Å²) in [4.78, 5) is 19.8. The van der Waals surface area contributed by atoms with E-state index in [2.05, 4.69) is 4.74 Å². The highest BCUT2D eigenvalue weighted by molar-refractivity contribution is 6.26. The first kappa shape index (κ1) is 10.2. The predicted octanol–water partition coefficient (Wildman–Crippen LogP) is 0.434. The minimum Gasteiger partial charge on any atom is -0.457 e. The molecular formula is C5H8ClNO4. The molecule has 1 unspecified atom stereocenters. The third-order valence-electron chi connectivity index (χ3n) is 0.955. The van der Waals surface area contributed by atoms with Crippen LogP contribution in [-0.4, -0.2) is 29.4 Å². The van der Waals surface area contributed by atoms with Gasteiger partial charge in [-0.2, -0.15) is 0 Å². The molecule has 0 aliphatic rings. The number of nitro groups is 1. The van der Waals surface area contributed by atoms with E-state index in [1.807, 2.05) is 0 Å². The van der Waals surface area contributed by atoms with Crippen LogP contribution in [0.1, 0.15) is 6.92 Å². The number of halogens is 1. The molecule has 0 bridgehead atoms. The standard InChI is InChI=1S/C5H8ClNO4/c1-4(7(9)10)3-11-5(8)2-6/h4H,2-3H2,1H3. The Hall–Kier alpha value is -0.840. The molecule has 0 aromatic rings. The van der Waals surface area contributed by atoms with Gasteiger partial charge in [0.05, 0.1) is 0 Å². The molecule has 0 aromatic carbocycles. The van der Waals surface area contributed by atoms with Gasteiger partial charge in [0.2, 0.25) is 6.04 Å². The molecular weight excluding hydrogens is 174 g/mol. The number of rotatable bonds is 4. The van der Waals surface area contributed by atoms with Crippen LogP contribution < -0.4 is 0 Å². The fourth-order valence-electron chi connectivity index (χ4n) is 0.313. The van der Waals surface area contributed by atoms with E-state index in [-0.39, 0.29) is 12.5 Å². The quantitative estimate of drug-likeness (QED) is 0.273. The molecule has 64 valence electrons. The monoisotopic (exact) mass is 181 g/mol. The lowest BCUT2D eigenvalue weighted by Gasteiger charge is -2.03. The van der Waals surface area contributed by atoms with Gasteiger partial charge in [-0.05, 0) is 0 Å². The van der Waals surface area contributed by atoms with Crippen LogP contribution >= 0.6 is 11.6 Å². The number of hydrogen-bond donors (Lipinski definition) is 0. The Morgan fingerprint density at radius 3 is 2.73 bits per heavy atom. The molecule has 0 N–H and O–H groups in total. The second-order valence-corrected chi connectivity index (χ2v) is 2.22. The van der Waals surface area contributed by atoms with Gasteiger partial charge in [-0.3, -0.25) is 14.9 Å². The highest BCUT2D eigenvalue weighted by Gasteiger charge is 2.14. The number of alkyl halides is 1. The molecule has 0 aliphatic heterocycles. The maximum atomic E-state index is 10.4. The van der Waals surface area contributed by atoms with Crippen molar-refractivity contribution in [3.05, 3.63) is 10.1 Å². The number of ether oxygens (including phenoxy) is 1. The first-order valence-corrected chi connectivity index (χ1v) is 3.46. The van der Waals surface area contributed by atoms with E-state index in [1.165, 1.54) is 6.92 Å². The lowest BCUT2D eigenvalue weighted by Crippen LogP contribution is -2.23. The largest absolute Gasteiger partial charge is 0.457 e. The zero-order valence-electron chi connectivity index (χ0n) is 5.95. The highest BCUT2D eigenvalue weighted by atomic mass is 35.5. The number of carbonyl (C=O) groups excluding carboxylic acids is 1. The molecule has 0 radical (unpaired) electrons. The van der Waals surface area contributed by atoms with Crippen LogP contribution in [0.5, 0.6) is 0 Å². The Kier molecular flexibility index (Phi) is 4.52. The Bertz CT molecular complexity index is 161. The van der Waals surface area contributed by atoms with Crippen molar-refractivity contribution in [1.82, 2.24) is 0 Å². The van der Waals surface area contributed by atoms with Crippen molar-refractivity contribution in [2.75, 3.05) is 12.5 Å². The molecule has 0 fully saturated rings. The fraction of sp³-hybridized carbons (Fsp3) is 0.800. The smallest absolute Gasteiger partial charge is 0.321 e. The van der Waals surface area contributed by atoms with E-state index in [9.17, 15) is 14.9 Å².